The maximum Gasteiger partial charge on any atom is 0.330 e. The van der Waals surface area contributed by atoms with Gasteiger partial charge in [-0.05, 0) is 49.2 Å². The average molecular weight is 601 g/mol. The second-order valence-corrected chi connectivity index (χ2v) is 16.8. The lowest BCUT2D eigenvalue weighted by atomic mass is 9.97. The van der Waals surface area contributed by atoms with Crippen molar-refractivity contribution in [1.82, 2.24) is 9.55 Å². The first-order chi connectivity index (χ1) is 14.6. The van der Waals surface area contributed by atoms with Gasteiger partial charge in [0.15, 0.2) is 19.8 Å². The van der Waals surface area contributed by atoms with Crippen LogP contribution in [0.4, 0.5) is 0 Å². The molecule has 0 spiro atoms. The molecule has 0 bridgehead atoms. The number of nitrogens with zero attached hydrogens (tertiary/aromatic N) is 1. The smallest absolute Gasteiger partial charge is 0.330 e. The molecule has 4 atom stereocenters. The van der Waals surface area contributed by atoms with Gasteiger partial charge in [-0.3, -0.25) is 14.3 Å². The third-order valence-corrected chi connectivity index (χ3v) is 12.2. The number of nitrogens with one attached hydrogen (secondary N) is 1. The summed E-state index contributed by atoms with van der Waals surface area (Å²) in [5.74, 6) is -0.848. The van der Waals surface area contributed by atoms with E-state index in [1.54, 1.807) is 0 Å². The van der Waals surface area contributed by atoms with Crippen LogP contribution in [-0.2, 0) is 24.4 Å². The number of hydrogen-bond acceptors (Lipinski definition) is 6. The lowest BCUT2D eigenvalue weighted by Crippen LogP contribution is -2.52. The highest BCUT2D eigenvalue weighted by Gasteiger charge is 2.64. The number of fused-ring (bicyclic) bond motifs is 1. The van der Waals surface area contributed by atoms with E-state index in [0.29, 0.717) is 13.0 Å². The van der Waals surface area contributed by atoms with Crippen molar-refractivity contribution in [3.05, 3.63) is 32.1 Å². The molecule has 0 unspecified atom stereocenters. The van der Waals surface area contributed by atoms with Gasteiger partial charge in [-0.1, -0.05) is 55.0 Å². The number of alkyl halides is 1. The van der Waals surface area contributed by atoms with Crippen LogP contribution in [0.2, 0.25) is 23.2 Å². The summed E-state index contributed by atoms with van der Waals surface area (Å²) in [5, 5.41) is -0.0448. The number of ether oxygens (including phenoxy) is 3. The van der Waals surface area contributed by atoms with Gasteiger partial charge in [0.05, 0.1) is 6.61 Å². The van der Waals surface area contributed by atoms with Gasteiger partial charge in [0.2, 0.25) is 0 Å². The van der Waals surface area contributed by atoms with Crippen molar-refractivity contribution < 1.29 is 18.6 Å². The molecular weight excluding hydrogens is 567 g/mol. The zero-order chi connectivity index (χ0) is 24.1. The molecule has 8 nitrogen and oxygen atoms in total. The van der Waals surface area contributed by atoms with Gasteiger partial charge in [-0.2, -0.15) is 0 Å². The third kappa shape index (κ3) is 4.92. The van der Waals surface area contributed by atoms with Crippen LogP contribution in [0, 0.1) is 0 Å². The van der Waals surface area contributed by atoms with E-state index in [1.807, 2.05) is 13.8 Å². The summed E-state index contributed by atoms with van der Waals surface area (Å²) < 4.78 is 27.9. The van der Waals surface area contributed by atoms with Crippen molar-refractivity contribution in [3.63, 3.8) is 0 Å². The van der Waals surface area contributed by atoms with E-state index in [0.717, 1.165) is 10.8 Å². The van der Waals surface area contributed by atoms with Crippen LogP contribution in [0.1, 0.15) is 47.5 Å². The van der Waals surface area contributed by atoms with Crippen molar-refractivity contribution in [3.8, 4) is 0 Å². The molecule has 2 aliphatic heterocycles. The topological polar surface area (TPSA) is 91.8 Å². The van der Waals surface area contributed by atoms with Crippen LogP contribution in [0.25, 0.3) is 0 Å². The van der Waals surface area contributed by atoms with Gasteiger partial charge < -0.3 is 18.6 Å². The Kier molecular flexibility index (Phi) is 7.48. The summed E-state index contributed by atoms with van der Waals surface area (Å²) in [6.07, 6.45) is 1.18. The Labute approximate surface area is 208 Å². The van der Waals surface area contributed by atoms with Gasteiger partial charge in [0.1, 0.15) is 23.3 Å². The van der Waals surface area contributed by atoms with E-state index >= 15 is 0 Å². The highest BCUT2D eigenvalue weighted by molar-refractivity contribution is 14.1. The number of hydrogen-bond donors (Lipinski definition) is 1. The molecule has 0 aromatic carbocycles. The largest absolute Gasteiger partial charge is 0.414 e. The van der Waals surface area contributed by atoms with Crippen molar-refractivity contribution in [2.45, 2.75) is 95.4 Å². The standard InChI is InChI=1S/C21H34ClIN2O6Si/c1-19(2,3)32(6,7)28-12-14-15-16(31-20(4,5)30-15)21(29-14,9-8-10-23)25-11-13(22)17(26)24-18(25)27/h11,14-16H,8-10,12H2,1-7H3,(H,24,26,27)/t14-,15-,16-,21-/m1/s1. The van der Waals surface area contributed by atoms with Gasteiger partial charge >= 0.3 is 5.69 Å². The van der Waals surface area contributed by atoms with Gasteiger partial charge in [-0.25, -0.2) is 4.79 Å². The van der Waals surface area contributed by atoms with E-state index in [9.17, 15) is 9.59 Å². The summed E-state index contributed by atoms with van der Waals surface area (Å²) in [6, 6.07) is 0. The summed E-state index contributed by atoms with van der Waals surface area (Å²) in [5.41, 5.74) is -2.39. The number of rotatable bonds is 7. The molecule has 0 radical (unpaired) electrons. The summed E-state index contributed by atoms with van der Waals surface area (Å²) >= 11 is 8.41. The lowest BCUT2D eigenvalue weighted by molar-refractivity contribution is -0.237. The minimum Gasteiger partial charge on any atom is -0.414 e. The quantitative estimate of drug-likeness (QED) is 0.289. The van der Waals surface area contributed by atoms with Crippen LogP contribution in [0.15, 0.2) is 15.8 Å². The van der Waals surface area contributed by atoms with Crippen molar-refractivity contribution in [2.75, 3.05) is 11.0 Å². The zero-order valence-electron chi connectivity index (χ0n) is 19.8. The fourth-order valence-corrected chi connectivity index (χ4v) is 5.55. The van der Waals surface area contributed by atoms with E-state index in [2.05, 4.69) is 61.4 Å². The van der Waals surface area contributed by atoms with E-state index < -0.39 is 49.4 Å². The van der Waals surface area contributed by atoms with Gasteiger partial charge in [0, 0.05) is 6.20 Å². The van der Waals surface area contributed by atoms with E-state index in [4.69, 9.17) is 30.2 Å². The number of aromatic amines is 1. The van der Waals surface area contributed by atoms with Crippen molar-refractivity contribution >= 4 is 42.5 Å². The fraction of sp³-hybridized carbons (Fsp3) is 0.810. The molecule has 0 amide bonds. The lowest BCUT2D eigenvalue weighted by Gasteiger charge is -2.38. The van der Waals surface area contributed by atoms with Crippen molar-refractivity contribution in [2.24, 2.45) is 0 Å². The molecule has 2 fully saturated rings. The number of halogens is 2. The van der Waals surface area contributed by atoms with E-state index in [1.165, 1.54) is 10.8 Å². The first-order valence-electron chi connectivity index (χ1n) is 10.9. The normalized spacial score (nSPS) is 30.0. The Hall–Kier alpha value is -0.243. The molecule has 1 N–H and O–H groups in total. The average Bonchev–Trinajstić information content (AvgIpc) is 3.12. The molecule has 1 aromatic rings. The first kappa shape index (κ1) is 26.4. The monoisotopic (exact) mass is 600 g/mol. The van der Waals surface area contributed by atoms with Crippen LogP contribution >= 0.6 is 34.2 Å². The SMILES string of the molecule is CC1(C)O[C@H]2[C@@H](O1)[C@](CCCI)(n1cc(Cl)c(=O)[nH]c1=O)O[C@@H]2CO[Si](C)(C)C(C)(C)C. The van der Waals surface area contributed by atoms with E-state index in [-0.39, 0.29) is 10.1 Å². The highest BCUT2D eigenvalue weighted by atomic mass is 127. The molecular formula is C21H34ClIN2O6Si. The fourth-order valence-electron chi connectivity index (χ4n) is 4.01. The predicted octanol–water partition coefficient (Wildman–Crippen LogP) is 4.00. The molecule has 32 heavy (non-hydrogen) atoms. The Bertz CT molecular complexity index is 959. The van der Waals surface area contributed by atoms with Crippen molar-refractivity contribution in [1.29, 1.82) is 0 Å². The zero-order valence-corrected chi connectivity index (χ0v) is 23.7. The molecule has 0 aliphatic carbocycles. The Morgan fingerprint density at radius 1 is 1.25 bits per heavy atom. The molecule has 2 aliphatic rings. The Morgan fingerprint density at radius 2 is 1.91 bits per heavy atom. The number of H-pyrrole nitrogens is 1. The highest BCUT2D eigenvalue weighted by Crippen LogP contribution is 2.49. The van der Waals surface area contributed by atoms with Gasteiger partial charge in [-0.15, -0.1) is 0 Å². The second kappa shape index (κ2) is 9.08. The summed E-state index contributed by atoms with van der Waals surface area (Å²) in [6.45, 7) is 14.9. The predicted molar refractivity (Wildman–Crippen MR) is 134 cm³/mol. The van der Waals surface area contributed by atoms with Crippen LogP contribution < -0.4 is 11.2 Å². The molecule has 182 valence electrons. The maximum atomic E-state index is 12.9. The Balaban J connectivity index is 2.05. The summed E-state index contributed by atoms with van der Waals surface area (Å²) in [4.78, 5) is 27.1. The molecule has 11 heteroatoms. The molecule has 1 aromatic heterocycles. The van der Waals surface area contributed by atoms with Gasteiger partial charge in [0.25, 0.3) is 5.56 Å². The molecule has 3 rings (SSSR count). The third-order valence-electron chi connectivity index (χ3n) is 6.69. The minimum absolute atomic E-state index is 0.0407. The summed E-state index contributed by atoms with van der Waals surface area (Å²) in [7, 11) is -2.05. The maximum absolute atomic E-state index is 12.9. The Morgan fingerprint density at radius 3 is 2.50 bits per heavy atom. The second-order valence-electron chi connectivity index (χ2n) is 10.5. The first-order valence-corrected chi connectivity index (χ1v) is 15.7. The minimum atomic E-state index is -2.05. The molecule has 0 saturated carbocycles. The van der Waals surface area contributed by atoms with Crippen LogP contribution in [0.3, 0.4) is 0 Å². The molecule has 3 heterocycles. The number of aromatic nitrogens is 2. The molecule has 2 saturated heterocycles. The van der Waals surface area contributed by atoms with Crippen LogP contribution in [-0.4, -0.2) is 53.0 Å². The van der Waals surface area contributed by atoms with Crippen LogP contribution in [0.5, 0.6) is 0 Å².